The van der Waals surface area contributed by atoms with Crippen LogP contribution in [0.25, 0.3) is 0 Å². The second-order valence-corrected chi connectivity index (χ2v) is 7.16. The van der Waals surface area contributed by atoms with Crippen LogP contribution in [-0.2, 0) is 11.3 Å². The van der Waals surface area contributed by atoms with Gasteiger partial charge < -0.3 is 20.1 Å². The maximum atomic E-state index is 12.4. The number of pyridine rings is 1. The molecule has 2 saturated carbocycles. The molecule has 2 amide bonds. The van der Waals surface area contributed by atoms with Crippen molar-refractivity contribution < 1.29 is 14.3 Å². The maximum Gasteiger partial charge on any atom is 0.315 e. The molecule has 0 unspecified atom stereocenters. The number of nitrogens with zero attached hydrogens (tertiary/aromatic N) is 1. The number of hydrogen-bond acceptors (Lipinski definition) is 4. The van der Waals surface area contributed by atoms with E-state index < -0.39 is 0 Å². The van der Waals surface area contributed by atoms with Gasteiger partial charge in [0.1, 0.15) is 0 Å². The van der Waals surface area contributed by atoms with Gasteiger partial charge >= 0.3 is 6.03 Å². The van der Waals surface area contributed by atoms with Crippen LogP contribution < -0.4 is 15.4 Å². The Kier molecular flexibility index (Phi) is 4.08. The quantitative estimate of drug-likeness (QED) is 0.887. The lowest BCUT2D eigenvalue weighted by Crippen LogP contribution is -2.69. The number of hydrogen-bond donors (Lipinski definition) is 2. The number of rotatable bonds is 4. The Morgan fingerprint density at radius 2 is 2.29 bits per heavy atom. The number of aromatic nitrogens is 1. The molecule has 3 fully saturated rings. The Hall–Kier alpha value is -1.82. The second-order valence-electron chi connectivity index (χ2n) is 7.16. The first-order valence-corrected chi connectivity index (χ1v) is 8.88. The van der Waals surface area contributed by atoms with Gasteiger partial charge in [-0.1, -0.05) is 18.9 Å². The minimum atomic E-state index is -0.109. The van der Waals surface area contributed by atoms with Crippen molar-refractivity contribution in [1.29, 1.82) is 0 Å². The molecule has 1 saturated heterocycles. The first-order chi connectivity index (χ1) is 11.7. The van der Waals surface area contributed by atoms with Gasteiger partial charge in [-0.2, -0.15) is 0 Å². The average molecular weight is 331 g/mol. The lowest BCUT2D eigenvalue weighted by Gasteiger charge is -2.56. The highest BCUT2D eigenvalue weighted by Crippen LogP contribution is 2.60. The molecule has 6 heteroatoms. The molecule has 1 aromatic heterocycles. The summed E-state index contributed by atoms with van der Waals surface area (Å²) in [6.45, 7) is 1.25. The van der Waals surface area contributed by atoms with Crippen LogP contribution in [0.3, 0.4) is 0 Å². The van der Waals surface area contributed by atoms with Crippen molar-refractivity contribution in [2.24, 2.45) is 11.3 Å². The average Bonchev–Trinajstić information content (AvgIpc) is 3.26. The fourth-order valence-electron chi connectivity index (χ4n) is 5.01. The first kappa shape index (κ1) is 15.7. The Labute approximate surface area is 142 Å². The third kappa shape index (κ3) is 2.44. The van der Waals surface area contributed by atoms with Crippen LogP contribution in [0.5, 0.6) is 5.88 Å². The normalized spacial score (nSPS) is 29.8. The third-order valence-electron chi connectivity index (χ3n) is 6.06. The highest BCUT2D eigenvalue weighted by molar-refractivity contribution is 5.74. The van der Waals surface area contributed by atoms with Crippen molar-refractivity contribution in [3.8, 4) is 5.88 Å². The number of amides is 2. The van der Waals surface area contributed by atoms with E-state index in [1.165, 1.54) is 25.7 Å². The molecule has 1 aromatic rings. The van der Waals surface area contributed by atoms with Crippen molar-refractivity contribution in [3.05, 3.63) is 23.9 Å². The zero-order chi connectivity index (χ0) is 16.6. The van der Waals surface area contributed by atoms with Gasteiger partial charge in [-0.3, -0.25) is 0 Å². The summed E-state index contributed by atoms with van der Waals surface area (Å²) < 4.78 is 11.2. The number of carbonyl (C=O) groups is 1. The van der Waals surface area contributed by atoms with E-state index in [9.17, 15) is 4.79 Å². The molecule has 3 atom stereocenters. The van der Waals surface area contributed by atoms with Crippen molar-refractivity contribution >= 4 is 6.03 Å². The Balaban J connectivity index is 1.37. The Morgan fingerprint density at radius 1 is 1.46 bits per heavy atom. The summed E-state index contributed by atoms with van der Waals surface area (Å²) in [5.41, 5.74) is 1.06. The van der Waals surface area contributed by atoms with Gasteiger partial charge in [-0.05, 0) is 25.3 Å². The van der Waals surface area contributed by atoms with E-state index in [4.69, 9.17) is 9.47 Å². The SMILES string of the molecule is COc1ncccc1CNC(=O)N[C@@H]1[C@H]2CCO[C@H]2C12CCCC2. The zero-order valence-electron chi connectivity index (χ0n) is 14.1. The minimum absolute atomic E-state index is 0.109. The van der Waals surface area contributed by atoms with Gasteiger partial charge in [-0.15, -0.1) is 0 Å². The molecule has 6 nitrogen and oxygen atoms in total. The number of nitrogens with one attached hydrogen (secondary N) is 2. The summed E-state index contributed by atoms with van der Waals surface area (Å²) in [6.07, 6.45) is 7.96. The van der Waals surface area contributed by atoms with E-state index in [1.54, 1.807) is 13.3 Å². The van der Waals surface area contributed by atoms with Crippen molar-refractivity contribution in [1.82, 2.24) is 15.6 Å². The molecule has 4 rings (SSSR count). The van der Waals surface area contributed by atoms with Crippen LogP contribution in [0.1, 0.15) is 37.7 Å². The summed E-state index contributed by atoms with van der Waals surface area (Å²) in [6, 6.07) is 3.90. The van der Waals surface area contributed by atoms with E-state index in [0.29, 0.717) is 24.4 Å². The van der Waals surface area contributed by atoms with Gasteiger partial charge in [0.05, 0.1) is 13.2 Å². The van der Waals surface area contributed by atoms with Crippen LogP contribution in [0.4, 0.5) is 4.79 Å². The summed E-state index contributed by atoms with van der Waals surface area (Å²) >= 11 is 0. The highest BCUT2D eigenvalue weighted by Gasteiger charge is 2.65. The number of carbonyl (C=O) groups excluding carboxylic acids is 1. The van der Waals surface area contributed by atoms with E-state index in [2.05, 4.69) is 15.6 Å². The molecule has 0 aromatic carbocycles. The number of fused-ring (bicyclic) bond motifs is 2. The van der Waals surface area contributed by atoms with Crippen LogP contribution in [0.15, 0.2) is 18.3 Å². The maximum absolute atomic E-state index is 12.4. The standard InChI is InChI=1S/C18H25N3O3/c1-23-16-12(5-4-9-19-16)11-20-17(22)21-14-13-6-10-24-15(13)18(14)7-2-3-8-18/h4-5,9,13-15H,2-3,6-8,10-11H2,1H3,(H2,20,21,22)/t13-,14-,15-/m1/s1. The molecule has 1 spiro atoms. The molecular weight excluding hydrogens is 306 g/mol. The molecule has 2 N–H and O–H groups in total. The Morgan fingerprint density at radius 3 is 3.08 bits per heavy atom. The van der Waals surface area contributed by atoms with Crippen LogP contribution in [0.2, 0.25) is 0 Å². The van der Waals surface area contributed by atoms with Gasteiger partial charge in [0.2, 0.25) is 5.88 Å². The number of ether oxygens (including phenoxy) is 2. The molecule has 1 aliphatic heterocycles. The molecule has 0 bridgehead atoms. The Bertz CT molecular complexity index is 615. The fourth-order valence-corrected chi connectivity index (χ4v) is 5.01. The van der Waals surface area contributed by atoms with E-state index in [1.807, 2.05) is 12.1 Å². The lowest BCUT2D eigenvalue weighted by atomic mass is 9.54. The molecule has 2 aliphatic carbocycles. The summed E-state index contributed by atoms with van der Waals surface area (Å²) in [5.74, 6) is 1.04. The van der Waals surface area contributed by atoms with E-state index in [0.717, 1.165) is 18.6 Å². The van der Waals surface area contributed by atoms with E-state index in [-0.39, 0.29) is 17.5 Å². The van der Waals surface area contributed by atoms with Gasteiger partial charge in [0.25, 0.3) is 0 Å². The van der Waals surface area contributed by atoms with Crippen molar-refractivity contribution in [2.75, 3.05) is 13.7 Å². The predicted octanol–water partition coefficient (Wildman–Crippen LogP) is 2.24. The van der Waals surface area contributed by atoms with E-state index >= 15 is 0 Å². The molecule has 2 heterocycles. The monoisotopic (exact) mass is 331 g/mol. The number of urea groups is 1. The first-order valence-electron chi connectivity index (χ1n) is 8.88. The smallest absolute Gasteiger partial charge is 0.315 e. The van der Waals surface area contributed by atoms with Crippen molar-refractivity contribution in [2.45, 2.75) is 50.8 Å². The van der Waals surface area contributed by atoms with Crippen LogP contribution in [-0.4, -0.2) is 36.9 Å². The summed E-state index contributed by atoms with van der Waals surface area (Å²) in [5, 5.41) is 6.19. The van der Waals surface area contributed by atoms with Crippen LogP contribution >= 0.6 is 0 Å². The topological polar surface area (TPSA) is 72.5 Å². The molecule has 3 aliphatic rings. The second kappa shape index (κ2) is 6.24. The minimum Gasteiger partial charge on any atom is -0.481 e. The molecule has 130 valence electrons. The highest BCUT2D eigenvalue weighted by atomic mass is 16.5. The third-order valence-corrected chi connectivity index (χ3v) is 6.06. The zero-order valence-corrected chi connectivity index (χ0v) is 14.1. The molecule has 24 heavy (non-hydrogen) atoms. The van der Waals surface area contributed by atoms with Gasteiger partial charge in [-0.25, -0.2) is 9.78 Å². The van der Waals surface area contributed by atoms with Crippen LogP contribution in [0, 0.1) is 11.3 Å². The van der Waals surface area contributed by atoms with Gasteiger partial charge in [0, 0.05) is 42.3 Å². The molecular formula is C18H25N3O3. The number of methoxy groups -OCH3 is 1. The summed E-state index contributed by atoms with van der Waals surface area (Å²) in [4.78, 5) is 16.6. The van der Waals surface area contributed by atoms with Gasteiger partial charge in [0.15, 0.2) is 0 Å². The summed E-state index contributed by atoms with van der Waals surface area (Å²) in [7, 11) is 1.59. The fraction of sp³-hybridized carbons (Fsp3) is 0.667. The predicted molar refractivity (Wildman–Crippen MR) is 88.7 cm³/mol. The largest absolute Gasteiger partial charge is 0.481 e. The lowest BCUT2D eigenvalue weighted by molar-refractivity contribution is -0.126. The van der Waals surface area contributed by atoms with Crippen molar-refractivity contribution in [3.63, 3.8) is 0 Å². The molecule has 0 radical (unpaired) electrons.